The van der Waals surface area contributed by atoms with Crippen LogP contribution in [0.3, 0.4) is 0 Å². The summed E-state index contributed by atoms with van der Waals surface area (Å²) >= 11 is 0. The van der Waals surface area contributed by atoms with Crippen molar-refractivity contribution in [3.05, 3.63) is 23.8 Å². The lowest BCUT2D eigenvalue weighted by molar-refractivity contribution is -0.116. The average molecular weight is 309 g/mol. The fraction of sp³-hybridized carbons (Fsp3) is 0.500. The van der Waals surface area contributed by atoms with Crippen molar-refractivity contribution in [2.75, 3.05) is 24.5 Å². The Morgan fingerprint density at radius 3 is 2.76 bits per heavy atom. The summed E-state index contributed by atoms with van der Waals surface area (Å²) in [4.78, 5) is 13.6. The molecule has 2 aliphatic rings. The number of carbonyl (C=O) groups excluding carboxylic acids is 1. The van der Waals surface area contributed by atoms with Gasteiger partial charge < -0.3 is 10.2 Å². The third-order valence-corrected chi connectivity index (χ3v) is 5.48. The zero-order chi connectivity index (χ0) is 15.0. The van der Waals surface area contributed by atoms with Gasteiger partial charge in [0.2, 0.25) is 15.9 Å². The molecule has 2 heterocycles. The van der Waals surface area contributed by atoms with E-state index < -0.39 is 10.0 Å². The first-order valence-electron chi connectivity index (χ1n) is 7.11. The molecule has 114 valence electrons. The van der Waals surface area contributed by atoms with E-state index in [2.05, 4.69) is 10.0 Å². The predicted molar refractivity (Wildman–Crippen MR) is 79.8 cm³/mol. The SMILES string of the molecule is CC(=O)N1CCCc2cc(S(=O)(=O)NC3CNC3)ccc21. The Hall–Kier alpha value is -1.44. The van der Waals surface area contributed by atoms with E-state index >= 15 is 0 Å². The molecular weight excluding hydrogens is 290 g/mol. The number of hydrogen-bond donors (Lipinski definition) is 2. The van der Waals surface area contributed by atoms with Gasteiger partial charge in [-0.3, -0.25) is 4.79 Å². The van der Waals surface area contributed by atoms with E-state index in [4.69, 9.17) is 0 Å². The predicted octanol–water partition coefficient (Wildman–Crippen LogP) is 0.236. The van der Waals surface area contributed by atoms with Gasteiger partial charge in [0.1, 0.15) is 0 Å². The first-order chi connectivity index (χ1) is 9.97. The molecule has 1 saturated heterocycles. The summed E-state index contributed by atoms with van der Waals surface area (Å²) in [5, 5.41) is 3.03. The van der Waals surface area contributed by atoms with Crippen LogP contribution in [0.5, 0.6) is 0 Å². The summed E-state index contributed by atoms with van der Waals surface area (Å²) in [6.07, 6.45) is 1.66. The first kappa shape index (κ1) is 14.5. The van der Waals surface area contributed by atoms with Gasteiger partial charge in [-0.2, -0.15) is 0 Å². The van der Waals surface area contributed by atoms with Crippen LogP contribution in [0.2, 0.25) is 0 Å². The molecule has 1 amide bonds. The molecular formula is C14H19N3O3S. The Morgan fingerprint density at radius 2 is 2.14 bits per heavy atom. The summed E-state index contributed by atoms with van der Waals surface area (Å²) in [5.41, 5.74) is 1.75. The van der Waals surface area contributed by atoms with Crippen molar-refractivity contribution >= 4 is 21.6 Å². The summed E-state index contributed by atoms with van der Waals surface area (Å²) in [7, 11) is -3.49. The average Bonchev–Trinajstić information content (AvgIpc) is 2.41. The van der Waals surface area contributed by atoms with Gasteiger partial charge in [0.25, 0.3) is 0 Å². The largest absolute Gasteiger partial charge is 0.313 e. The minimum atomic E-state index is -3.49. The van der Waals surface area contributed by atoms with E-state index in [-0.39, 0.29) is 16.8 Å². The number of nitrogens with zero attached hydrogens (tertiary/aromatic N) is 1. The lowest BCUT2D eigenvalue weighted by Crippen LogP contribution is -2.56. The molecule has 1 aromatic rings. The Balaban J connectivity index is 1.90. The number of benzene rings is 1. The number of fused-ring (bicyclic) bond motifs is 1. The standard InChI is InChI=1S/C14H19N3O3S/c1-10(18)17-6-2-3-11-7-13(4-5-14(11)17)21(19,20)16-12-8-15-9-12/h4-5,7,12,15-16H,2-3,6,8-9H2,1H3. The van der Waals surface area contributed by atoms with Crippen molar-refractivity contribution in [1.82, 2.24) is 10.0 Å². The molecule has 0 radical (unpaired) electrons. The van der Waals surface area contributed by atoms with Gasteiger partial charge in [-0.05, 0) is 36.6 Å². The number of nitrogens with one attached hydrogen (secondary N) is 2. The summed E-state index contributed by atoms with van der Waals surface area (Å²) in [5.74, 6) is -0.00905. The molecule has 1 fully saturated rings. The van der Waals surface area contributed by atoms with E-state index in [0.717, 1.165) is 24.1 Å². The normalized spacial score (nSPS) is 19.0. The Morgan fingerprint density at radius 1 is 1.38 bits per heavy atom. The third-order valence-electron chi connectivity index (χ3n) is 3.96. The second-order valence-corrected chi connectivity index (χ2v) is 7.26. The zero-order valence-electron chi connectivity index (χ0n) is 11.9. The molecule has 0 aromatic heterocycles. The minimum absolute atomic E-state index is 0.00905. The van der Waals surface area contributed by atoms with Gasteiger partial charge in [0.05, 0.1) is 4.90 Å². The highest BCUT2D eigenvalue weighted by Gasteiger charge is 2.26. The highest BCUT2D eigenvalue weighted by molar-refractivity contribution is 7.89. The monoisotopic (exact) mass is 309 g/mol. The Bertz CT molecular complexity index is 668. The minimum Gasteiger partial charge on any atom is -0.313 e. The van der Waals surface area contributed by atoms with E-state index in [1.54, 1.807) is 23.1 Å². The van der Waals surface area contributed by atoms with Crippen LogP contribution in [0, 0.1) is 0 Å². The first-order valence-corrected chi connectivity index (χ1v) is 8.60. The zero-order valence-corrected chi connectivity index (χ0v) is 12.7. The lowest BCUT2D eigenvalue weighted by Gasteiger charge is -2.30. The fourth-order valence-electron chi connectivity index (χ4n) is 2.73. The fourth-order valence-corrected chi connectivity index (χ4v) is 4.01. The molecule has 0 spiro atoms. The van der Waals surface area contributed by atoms with Crippen molar-refractivity contribution < 1.29 is 13.2 Å². The van der Waals surface area contributed by atoms with E-state index in [0.29, 0.717) is 19.6 Å². The van der Waals surface area contributed by atoms with Gasteiger partial charge >= 0.3 is 0 Å². The Labute approximate surface area is 124 Å². The van der Waals surface area contributed by atoms with Crippen LogP contribution in [0.15, 0.2) is 23.1 Å². The van der Waals surface area contributed by atoms with Gasteiger partial charge in [-0.25, -0.2) is 13.1 Å². The van der Waals surface area contributed by atoms with Crippen molar-refractivity contribution in [3.8, 4) is 0 Å². The van der Waals surface area contributed by atoms with Crippen LogP contribution in [0.25, 0.3) is 0 Å². The van der Waals surface area contributed by atoms with E-state index in [1.165, 1.54) is 6.92 Å². The van der Waals surface area contributed by atoms with Crippen molar-refractivity contribution in [2.45, 2.75) is 30.7 Å². The number of rotatable bonds is 3. The van der Waals surface area contributed by atoms with Crippen LogP contribution in [0.1, 0.15) is 18.9 Å². The van der Waals surface area contributed by atoms with Crippen molar-refractivity contribution in [3.63, 3.8) is 0 Å². The second-order valence-electron chi connectivity index (χ2n) is 5.54. The Kier molecular flexibility index (Phi) is 3.73. The highest BCUT2D eigenvalue weighted by atomic mass is 32.2. The number of anilines is 1. The second kappa shape index (κ2) is 5.40. The smallest absolute Gasteiger partial charge is 0.240 e. The molecule has 0 unspecified atom stereocenters. The van der Waals surface area contributed by atoms with Crippen LogP contribution in [0.4, 0.5) is 5.69 Å². The number of hydrogen-bond acceptors (Lipinski definition) is 4. The molecule has 2 N–H and O–H groups in total. The molecule has 6 nitrogen and oxygen atoms in total. The van der Waals surface area contributed by atoms with Crippen molar-refractivity contribution in [2.24, 2.45) is 0 Å². The van der Waals surface area contributed by atoms with Gasteiger partial charge in [-0.1, -0.05) is 0 Å². The van der Waals surface area contributed by atoms with Crippen LogP contribution in [-0.2, 0) is 21.2 Å². The van der Waals surface area contributed by atoms with Crippen LogP contribution >= 0.6 is 0 Å². The lowest BCUT2D eigenvalue weighted by atomic mass is 10.0. The number of aryl methyl sites for hydroxylation is 1. The quantitative estimate of drug-likeness (QED) is 0.838. The maximum atomic E-state index is 12.3. The highest BCUT2D eigenvalue weighted by Crippen LogP contribution is 2.29. The molecule has 2 aliphatic heterocycles. The van der Waals surface area contributed by atoms with E-state index in [9.17, 15) is 13.2 Å². The molecule has 3 rings (SSSR count). The summed E-state index contributed by atoms with van der Waals surface area (Å²) < 4.78 is 27.3. The molecule has 1 aromatic carbocycles. The van der Waals surface area contributed by atoms with Crippen LogP contribution < -0.4 is 14.9 Å². The molecule has 0 saturated carbocycles. The maximum absolute atomic E-state index is 12.3. The van der Waals surface area contributed by atoms with Gasteiger partial charge in [0, 0.05) is 38.3 Å². The molecule has 7 heteroatoms. The molecule has 0 atom stereocenters. The van der Waals surface area contributed by atoms with Gasteiger partial charge in [-0.15, -0.1) is 0 Å². The van der Waals surface area contributed by atoms with Crippen LogP contribution in [-0.4, -0.2) is 40.0 Å². The number of sulfonamides is 1. The molecule has 21 heavy (non-hydrogen) atoms. The van der Waals surface area contributed by atoms with Crippen molar-refractivity contribution in [1.29, 1.82) is 0 Å². The third kappa shape index (κ3) is 2.81. The summed E-state index contributed by atoms with van der Waals surface area (Å²) in [6, 6.07) is 4.98. The number of carbonyl (C=O) groups is 1. The summed E-state index contributed by atoms with van der Waals surface area (Å²) in [6.45, 7) is 3.57. The van der Waals surface area contributed by atoms with E-state index in [1.807, 2.05) is 0 Å². The number of amides is 1. The topological polar surface area (TPSA) is 78.5 Å². The molecule has 0 aliphatic carbocycles. The molecule has 0 bridgehead atoms. The van der Waals surface area contributed by atoms with Gasteiger partial charge in [0.15, 0.2) is 0 Å². The maximum Gasteiger partial charge on any atom is 0.240 e.